The van der Waals surface area contributed by atoms with Crippen LogP contribution in [0.15, 0.2) is 42.7 Å². The number of carbonyl (C=O) groups is 3. The van der Waals surface area contributed by atoms with Gasteiger partial charge < -0.3 is 15.1 Å². The molecule has 1 saturated heterocycles. The van der Waals surface area contributed by atoms with Gasteiger partial charge in [0.25, 0.3) is 11.8 Å². The lowest BCUT2D eigenvalue weighted by molar-refractivity contribution is -0.119. The van der Waals surface area contributed by atoms with Crippen LogP contribution in [0.1, 0.15) is 20.7 Å². The average Bonchev–Trinajstić information content (AvgIpc) is 2.69. The van der Waals surface area contributed by atoms with Crippen molar-refractivity contribution in [2.75, 3.05) is 31.5 Å². The molecule has 0 unspecified atom stereocenters. The van der Waals surface area contributed by atoms with E-state index in [4.69, 9.17) is 11.6 Å². The molecule has 2 heterocycles. The van der Waals surface area contributed by atoms with Crippen molar-refractivity contribution < 1.29 is 14.4 Å². The number of pyridine rings is 1. The molecule has 134 valence electrons. The van der Waals surface area contributed by atoms with Gasteiger partial charge in [-0.05, 0) is 30.3 Å². The summed E-state index contributed by atoms with van der Waals surface area (Å²) in [5.74, 6) is -0.565. The second kappa shape index (κ2) is 7.97. The van der Waals surface area contributed by atoms with Crippen LogP contribution in [-0.2, 0) is 4.79 Å². The first-order valence-electron chi connectivity index (χ1n) is 8.07. The Labute approximate surface area is 155 Å². The third-order valence-electron chi connectivity index (χ3n) is 4.10. The van der Waals surface area contributed by atoms with E-state index in [1.807, 2.05) is 0 Å². The van der Waals surface area contributed by atoms with Crippen molar-refractivity contribution in [2.45, 2.75) is 0 Å². The zero-order valence-electron chi connectivity index (χ0n) is 13.9. The monoisotopic (exact) mass is 372 g/mol. The largest absolute Gasteiger partial charge is 0.342 e. The van der Waals surface area contributed by atoms with E-state index >= 15 is 0 Å². The molecule has 3 rings (SSSR count). The molecular weight excluding hydrogens is 356 g/mol. The van der Waals surface area contributed by atoms with Gasteiger partial charge in [-0.1, -0.05) is 11.6 Å². The third-order valence-corrected chi connectivity index (χ3v) is 4.35. The summed E-state index contributed by atoms with van der Waals surface area (Å²) in [7, 11) is 0. The lowest BCUT2D eigenvalue weighted by Gasteiger charge is -2.32. The minimum Gasteiger partial charge on any atom is -0.342 e. The molecule has 26 heavy (non-hydrogen) atoms. The number of hydrogen-bond acceptors (Lipinski definition) is 4. The van der Waals surface area contributed by atoms with Gasteiger partial charge in [-0.15, -0.1) is 0 Å². The number of amides is 3. The maximum atomic E-state index is 12.6. The summed E-state index contributed by atoms with van der Waals surface area (Å²) in [4.78, 5) is 43.0. The van der Waals surface area contributed by atoms with Crippen LogP contribution in [0.4, 0.5) is 5.69 Å². The Morgan fingerprint density at radius 1 is 1.04 bits per heavy atom. The van der Waals surface area contributed by atoms with Crippen molar-refractivity contribution in [3.05, 3.63) is 58.9 Å². The first-order chi connectivity index (χ1) is 12.6. The minimum absolute atomic E-state index is 0.204. The topological polar surface area (TPSA) is 82.6 Å². The minimum atomic E-state index is -0.361. The molecule has 2 aromatic rings. The number of anilines is 1. The fourth-order valence-electron chi connectivity index (χ4n) is 2.63. The second-order valence-corrected chi connectivity index (χ2v) is 6.29. The molecule has 1 N–H and O–H groups in total. The van der Waals surface area contributed by atoms with Gasteiger partial charge in [-0.2, -0.15) is 0 Å². The van der Waals surface area contributed by atoms with Crippen LogP contribution in [0.2, 0.25) is 5.02 Å². The molecule has 0 spiro atoms. The molecular formula is C18H17ClN4O3. The Morgan fingerprint density at radius 2 is 1.69 bits per heavy atom. The first kappa shape index (κ1) is 17.9. The van der Waals surface area contributed by atoms with Crippen LogP contribution in [-0.4, -0.2) is 59.2 Å². The smallest absolute Gasteiger partial charge is 0.257 e. The van der Waals surface area contributed by atoms with Crippen molar-refractivity contribution in [3.63, 3.8) is 0 Å². The van der Waals surface area contributed by atoms with E-state index in [1.54, 1.807) is 34.1 Å². The molecule has 1 aliphatic rings. The molecule has 1 aliphatic heterocycles. The normalized spacial score (nSPS) is 14.0. The van der Waals surface area contributed by atoms with Gasteiger partial charge in [-0.3, -0.25) is 19.4 Å². The summed E-state index contributed by atoms with van der Waals surface area (Å²) >= 11 is 5.83. The maximum absolute atomic E-state index is 12.6. The van der Waals surface area contributed by atoms with Crippen LogP contribution < -0.4 is 5.32 Å². The van der Waals surface area contributed by atoms with Crippen LogP contribution in [0.3, 0.4) is 0 Å². The van der Waals surface area contributed by atoms with Crippen LogP contribution >= 0.6 is 11.6 Å². The first-order valence-corrected chi connectivity index (χ1v) is 8.45. The van der Waals surface area contributed by atoms with Gasteiger partial charge >= 0.3 is 0 Å². The Balaban J connectivity index is 1.69. The summed E-state index contributed by atoms with van der Waals surface area (Å²) in [6.45, 7) is 1.91. The molecule has 1 aromatic carbocycles. The summed E-state index contributed by atoms with van der Waals surface area (Å²) < 4.78 is 0. The van der Waals surface area contributed by atoms with Gasteiger partial charge in [0.2, 0.25) is 6.41 Å². The highest BCUT2D eigenvalue weighted by molar-refractivity contribution is 6.30. The number of piperazine rings is 1. The molecule has 0 atom stereocenters. The fraction of sp³-hybridized carbons (Fsp3) is 0.222. The number of nitrogens with zero attached hydrogens (tertiary/aromatic N) is 3. The van der Waals surface area contributed by atoms with E-state index in [2.05, 4.69) is 10.3 Å². The lowest BCUT2D eigenvalue weighted by atomic mass is 10.1. The van der Waals surface area contributed by atoms with E-state index in [-0.39, 0.29) is 17.4 Å². The summed E-state index contributed by atoms with van der Waals surface area (Å²) in [6.07, 6.45) is 3.63. The quantitative estimate of drug-likeness (QED) is 0.831. The molecule has 0 aliphatic carbocycles. The van der Waals surface area contributed by atoms with E-state index in [9.17, 15) is 14.4 Å². The number of hydrogen-bond donors (Lipinski definition) is 1. The van der Waals surface area contributed by atoms with E-state index in [0.717, 1.165) is 6.41 Å². The molecule has 3 amide bonds. The van der Waals surface area contributed by atoms with E-state index in [1.165, 1.54) is 18.5 Å². The molecule has 0 saturated carbocycles. The SMILES string of the molecule is O=CN1CCN(C(=O)c2cncc(C(=O)Nc3ccc(Cl)cc3)c2)CC1. The van der Waals surface area contributed by atoms with Crippen LogP contribution in [0.5, 0.6) is 0 Å². The molecule has 1 aromatic heterocycles. The predicted molar refractivity (Wildman–Crippen MR) is 97.2 cm³/mol. The zero-order chi connectivity index (χ0) is 18.5. The summed E-state index contributed by atoms with van der Waals surface area (Å²) in [6, 6.07) is 8.25. The van der Waals surface area contributed by atoms with Crippen LogP contribution in [0.25, 0.3) is 0 Å². The summed E-state index contributed by atoms with van der Waals surface area (Å²) in [5.41, 5.74) is 1.23. The van der Waals surface area contributed by atoms with Crippen molar-refractivity contribution in [2.24, 2.45) is 0 Å². The highest BCUT2D eigenvalue weighted by Gasteiger charge is 2.22. The highest BCUT2D eigenvalue weighted by atomic mass is 35.5. The van der Waals surface area contributed by atoms with Gasteiger partial charge in [0.05, 0.1) is 11.1 Å². The molecule has 8 heteroatoms. The Morgan fingerprint density at radius 3 is 2.35 bits per heavy atom. The van der Waals surface area contributed by atoms with Gasteiger partial charge in [0.1, 0.15) is 0 Å². The van der Waals surface area contributed by atoms with Gasteiger partial charge in [-0.25, -0.2) is 0 Å². The van der Waals surface area contributed by atoms with E-state index < -0.39 is 0 Å². The second-order valence-electron chi connectivity index (χ2n) is 5.86. The van der Waals surface area contributed by atoms with Crippen molar-refractivity contribution >= 4 is 35.5 Å². The Kier molecular flexibility index (Phi) is 5.48. The number of rotatable bonds is 4. The highest BCUT2D eigenvalue weighted by Crippen LogP contribution is 2.15. The van der Waals surface area contributed by atoms with Crippen molar-refractivity contribution in [1.29, 1.82) is 0 Å². The van der Waals surface area contributed by atoms with Gasteiger partial charge in [0.15, 0.2) is 0 Å². The molecule has 0 radical (unpaired) electrons. The fourth-order valence-corrected chi connectivity index (χ4v) is 2.76. The lowest BCUT2D eigenvalue weighted by Crippen LogP contribution is -2.48. The van der Waals surface area contributed by atoms with Crippen molar-refractivity contribution in [1.82, 2.24) is 14.8 Å². The number of aromatic nitrogens is 1. The standard InChI is InChI=1S/C18H17ClN4O3/c19-15-1-3-16(4-2-15)21-17(25)13-9-14(11-20-10-13)18(26)23-7-5-22(12-24)6-8-23/h1-4,9-12H,5-8H2,(H,21,25). The van der Waals surface area contributed by atoms with Crippen LogP contribution in [0, 0.1) is 0 Å². The Bertz CT molecular complexity index is 817. The number of benzene rings is 1. The average molecular weight is 373 g/mol. The number of nitrogens with one attached hydrogen (secondary N) is 1. The molecule has 0 bridgehead atoms. The molecule has 1 fully saturated rings. The van der Waals surface area contributed by atoms with Gasteiger partial charge in [0, 0.05) is 49.3 Å². The zero-order valence-corrected chi connectivity index (χ0v) is 14.6. The number of halogens is 1. The number of carbonyl (C=O) groups excluding carboxylic acids is 3. The van der Waals surface area contributed by atoms with E-state index in [0.29, 0.717) is 42.5 Å². The third kappa shape index (κ3) is 4.18. The molecule has 7 nitrogen and oxygen atoms in total. The predicted octanol–water partition coefficient (Wildman–Crippen LogP) is 1.90. The Hall–Kier alpha value is -2.93. The maximum Gasteiger partial charge on any atom is 0.257 e. The summed E-state index contributed by atoms with van der Waals surface area (Å²) in [5, 5.41) is 3.31. The van der Waals surface area contributed by atoms with Crippen molar-refractivity contribution in [3.8, 4) is 0 Å².